The van der Waals surface area contributed by atoms with Crippen LogP contribution >= 0.6 is 0 Å². The number of hydrogen-bond donors (Lipinski definition) is 6. The van der Waals surface area contributed by atoms with Crippen LogP contribution in [0.5, 0.6) is 0 Å². The second-order valence-electron chi connectivity index (χ2n) is 8.70. The van der Waals surface area contributed by atoms with Crippen LogP contribution in [0.1, 0.15) is 52.7 Å². The molecule has 1 aromatic heterocycles. The van der Waals surface area contributed by atoms with Crippen molar-refractivity contribution in [2.45, 2.75) is 13.8 Å². The molecule has 12 nitrogen and oxygen atoms in total. The lowest BCUT2D eigenvalue weighted by molar-refractivity contribution is 0.0682. The van der Waals surface area contributed by atoms with Crippen LogP contribution < -0.4 is 16.4 Å². The number of nitrogens with zero attached hydrogens (tertiary/aromatic N) is 2. The number of anilines is 5. The van der Waals surface area contributed by atoms with Gasteiger partial charge in [-0.2, -0.15) is 5.10 Å². The normalized spacial score (nSPS) is 10.6. The summed E-state index contributed by atoms with van der Waals surface area (Å²) in [6, 6.07) is 12.7. The fourth-order valence-corrected chi connectivity index (χ4v) is 3.89. The zero-order chi connectivity index (χ0) is 28.4. The molecule has 3 aromatic carbocycles. The zero-order valence-electron chi connectivity index (χ0n) is 20.7. The molecular weight excluding hydrogens is 506 g/mol. The van der Waals surface area contributed by atoms with Crippen LogP contribution in [0, 0.1) is 13.8 Å². The third-order valence-corrected chi connectivity index (χ3v) is 5.91. The Balaban J connectivity index is 1.84. The largest absolute Gasteiger partial charge is 0.478 e. The first kappa shape index (κ1) is 26.4. The predicted molar refractivity (Wildman–Crippen MR) is 143 cm³/mol. The summed E-state index contributed by atoms with van der Waals surface area (Å²) in [7, 11) is 0. The molecule has 0 atom stereocenters. The molecule has 0 radical (unpaired) electrons. The number of carbonyl (C=O) groups excluding carboxylic acids is 1. The van der Waals surface area contributed by atoms with Crippen molar-refractivity contribution >= 4 is 52.8 Å². The number of nitrogens with two attached hydrogens (primary N) is 1. The Labute approximate surface area is 221 Å². The third kappa shape index (κ3) is 5.69. The quantitative estimate of drug-likeness (QED) is 0.167. The Kier molecular flexibility index (Phi) is 7.03. The smallest absolute Gasteiger partial charge is 0.335 e. The summed E-state index contributed by atoms with van der Waals surface area (Å²) in [6.45, 7) is 3.62. The lowest BCUT2D eigenvalue weighted by Gasteiger charge is -2.15. The number of rotatable bonds is 9. The van der Waals surface area contributed by atoms with Crippen LogP contribution in [-0.4, -0.2) is 49.3 Å². The first-order chi connectivity index (χ1) is 18.4. The van der Waals surface area contributed by atoms with Crippen molar-refractivity contribution in [2.75, 3.05) is 16.4 Å². The Morgan fingerprint density at radius 3 is 1.64 bits per heavy atom. The minimum Gasteiger partial charge on any atom is -0.478 e. The number of carboxylic acids is 3. The fraction of sp³-hybridized carbons (Fsp3) is 0.0741. The molecule has 0 aliphatic heterocycles. The minimum atomic E-state index is -1.29. The standard InChI is InChI=1S/C27H23N5O7/c1-13-14(2)31-32(24(13)28)23-10-21(29-19-4-15(12-33)3-16(6-19)25(34)35)9-22(11-23)30-20-7-17(26(36)37)5-18(8-20)27(38)39/h3-12,29-30H,28H2,1-2H3,(H,34,35)(H,36,37)(H,38,39). The van der Waals surface area contributed by atoms with Crippen molar-refractivity contribution in [2.24, 2.45) is 0 Å². The van der Waals surface area contributed by atoms with Gasteiger partial charge in [0.05, 0.1) is 28.1 Å². The minimum absolute atomic E-state index is 0.0918. The van der Waals surface area contributed by atoms with Gasteiger partial charge in [-0.15, -0.1) is 0 Å². The van der Waals surface area contributed by atoms with Gasteiger partial charge in [-0.25, -0.2) is 19.1 Å². The number of nitrogens with one attached hydrogen (secondary N) is 2. The highest BCUT2D eigenvalue weighted by molar-refractivity contribution is 5.96. The highest BCUT2D eigenvalue weighted by atomic mass is 16.4. The van der Waals surface area contributed by atoms with Crippen LogP contribution in [-0.2, 0) is 0 Å². The number of aromatic carboxylic acids is 3. The summed E-state index contributed by atoms with van der Waals surface area (Å²) in [4.78, 5) is 46.0. The topological polar surface area (TPSA) is 197 Å². The van der Waals surface area contributed by atoms with Gasteiger partial charge in [0.15, 0.2) is 0 Å². The van der Waals surface area contributed by atoms with Gasteiger partial charge in [-0.3, -0.25) is 4.79 Å². The van der Waals surface area contributed by atoms with Crippen LogP contribution in [0.3, 0.4) is 0 Å². The van der Waals surface area contributed by atoms with Crippen LogP contribution in [0.15, 0.2) is 54.6 Å². The average Bonchev–Trinajstić information content (AvgIpc) is 3.15. The molecule has 198 valence electrons. The highest BCUT2D eigenvalue weighted by Crippen LogP contribution is 2.30. The van der Waals surface area contributed by atoms with E-state index in [0.717, 1.165) is 11.6 Å². The van der Waals surface area contributed by atoms with Gasteiger partial charge in [0.2, 0.25) is 0 Å². The number of benzene rings is 3. The van der Waals surface area contributed by atoms with Gasteiger partial charge < -0.3 is 31.7 Å². The molecule has 4 aromatic rings. The van der Waals surface area contributed by atoms with Crippen LogP contribution in [0.2, 0.25) is 0 Å². The van der Waals surface area contributed by atoms with Gasteiger partial charge in [0.25, 0.3) is 0 Å². The van der Waals surface area contributed by atoms with E-state index in [2.05, 4.69) is 15.7 Å². The molecule has 4 rings (SSSR count). The molecule has 0 amide bonds. The van der Waals surface area contributed by atoms with Crippen molar-refractivity contribution in [1.29, 1.82) is 0 Å². The second-order valence-corrected chi connectivity index (χ2v) is 8.70. The number of aryl methyl sites for hydroxylation is 1. The SMILES string of the molecule is Cc1nn(-c2cc(Nc3cc(C=O)cc(C(=O)O)c3)cc(Nc3cc(C(=O)O)cc(C(=O)O)c3)c2)c(N)c1C. The molecular formula is C27H23N5O7. The summed E-state index contributed by atoms with van der Waals surface area (Å²) in [5.74, 6) is -3.41. The van der Waals surface area contributed by atoms with E-state index in [0.29, 0.717) is 40.5 Å². The van der Waals surface area contributed by atoms with Crippen LogP contribution in [0.4, 0.5) is 28.6 Å². The summed E-state index contributed by atoms with van der Waals surface area (Å²) >= 11 is 0. The van der Waals surface area contributed by atoms with Gasteiger partial charge in [0.1, 0.15) is 12.1 Å². The summed E-state index contributed by atoms with van der Waals surface area (Å²) in [6.07, 6.45) is 0.534. The number of carbonyl (C=O) groups is 4. The van der Waals surface area contributed by atoms with E-state index in [9.17, 15) is 34.5 Å². The number of nitrogen functional groups attached to an aromatic ring is 1. The fourth-order valence-electron chi connectivity index (χ4n) is 3.89. The van der Waals surface area contributed by atoms with Crippen molar-refractivity contribution in [3.63, 3.8) is 0 Å². The number of carboxylic acid groups (broad SMARTS) is 3. The van der Waals surface area contributed by atoms with Gasteiger partial charge in [-0.05, 0) is 68.4 Å². The Morgan fingerprint density at radius 1 is 0.744 bits per heavy atom. The predicted octanol–water partition coefficient (Wildman–Crippen LogP) is 4.47. The molecule has 0 unspecified atom stereocenters. The average molecular weight is 530 g/mol. The van der Waals surface area contributed by atoms with Gasteiger partial charge in [-0.1, -0.05) is 0 Å². The van der Waals surface area contributed by atoms with E-state index < -0.39 is 17.9 Å². The lowest BCUT2D eigenvalue weighted by atomic mass is 10.1. The molecule has 0 saturated heterocycles. The van der Waals surface area contributed by atoms with E-state index in [1.54, 1.807) is 25.1 Å². The second kappa shape index (κ2) is 10.4. The van der Waals surface area contributed by atoms with Crippen molar-refractivity contribution in [3.05, 3.63) is 88.1 Å². The van der Waals surface area contributed by atoms with E-state index in [4.69, 9.17) is 5.73 Å². The molecule has 0 bridgehead atoms. The first-order valence-corrected chi connectivity index (χ1v) is 11.4. The Morgan fingerprint density at radius 2 is 1.21 bits per heavy atom. The maximum atomic E-state index is 11.6. The van der Waals surface area contributed by atoms with Crippen LogP contribution in [0.25, 0.3) is 5.69 Å². The number of aldehydes is 1. The molecule has 12 heteroatoms. The van der Waals surface area contributed by atoms with E-state index in [1.165, 1.54) is 35.0 Å². The zero-order valence-corrected chi connectivity index (χ0v) is 20.7. The van der Waals surface area contributed by atoms with E-state index in [-0.39, 0.29) is 27.9 Å². The molecule has 39 heavy (non-hydrogen) atoms. The molecule has 0 saturated carbocycles. The highest BCUT2D eigenvalue weighted by Gasteiger charge is 2.15. The van der Waals surface area contributed by atoms with Crippen molar-refractivity contribution < 1.29 is 34.5 Å². The summed E-state index contributed by atoms with van der Waals surface area (Å²) < 4.78 is 1.50. The molecule has 0 aliphatic rings. The molecule has 0 spiro atoms. The van der Waals surface area contributed by atoms with Gasteiger partial charge in [0, 0.05) is 33.9 Å². The molecule has 0 fully saturated rings. The summed E-state index contributed by atoms with van der Waals surface area (Å²) in [5.41, 5.74) is 9.21. The Bertz CT molecular complexity index is 1630. The molecule has 1 heterocycles. The molecule has 0 aliphatic carbocycles. The van der Waals surface area contributed by atoms with E-state index in [1.807, 2.05) is 6.92 Å². The van der Waals surface area contributed by atoms with E-state index >= 15 is 0 Å². The van der Waals surface area contributed by atoms with Gasteiger partial charge >= 0.3 is 17.9 Å². The number of aromatic nitrogens is 2. The van der Waals surface area contributed by atoms with Crippen molar-refractivity contribution in [3.8, 4) is 5.69 Å². The first-order valence-electron chi connectivity index (χ1n) is 11.4. The Hall–Kier alpha value is -5.65. The lowest BCUT2D eigenvalue weighted by Crippen LogP contribution is -2.06. The number of hydrogen-bond acceptors (Lipinski definition) is 8. The monoisotopic (exact) mass is 529 g/mol. The third-order valence-electron chi connectivity index (χ3n) is 5.91. The van der Waals surface area contributed by atoms with Crippen molar-refractivity contribution in [1.82, 2.24) is 9.78 Å². The summed E-state index contributed by atoms with van der Waals surface area (Å²) in [5, 5.41) is 38.8. The maximum Gasteiger partial charge on any atom is 0.335 e. The maximum absolute atomic E-state index is 11.6. The molecule has 7 N–H and O–H groups in total.